The van der Waals surface area contributed by atoms with Crippen LogP contribution >= 0.6 is 0 Å². The molecular weight excluding hydrogens is 506 g/mol. The number of halogens is 2. The van der Waals surface area contributed by atoms with E-state index >= 15 is 0 Å². The summed E-state index contributed by atoms with van der Waals surface area (Å²) in [6, 6.07) is 3.53. The lowest BCUT2D eigenvalue weighted by atomic mass is 9.94. The molecule has 3 N–H and O–H groups in total. The van der Waals surface area contributed by atoms with Crippen molar-refractivity contribution in [3.05, 3.63) is 42.0 Å². The van der Waals surface area contributed by atoms with Gasteiger partial charge in [0.2, 0.25) is 5.95 Å². The highest BCUT2D eigenvalue weighted by Gasteiger charge is 2.39. The number of aliphatic hydroxyl groups excluding tert-OH is 1. The number of hydrogen-bond acceptors (Lipinski definition) is 9. The molecule has 0 spiro atoms. The van der Waals surface area contributed by atoms with E-state index in [0.29, 0.717) is 61.3 Å². The molecule has 0 aliphatic carbocycles. The van der Waals surface area contributed by atoms with Crippen molar-refractivity contribution < 1.29 is 18.7 Å². The van der Waals surface area contributed by atoms with E-state index < -0.39 is 18.4 Å². The Bertz CT molecular complexity index is 1350. The molecule has 2 atom stereocenters. The standard InChI is InChI=1S/C27H34F2N8O2/c1-16(2)19-11-32-24(25(39)33-17-13-36(14-17)9-6-28)20-12-31-23(10-18(19)20)34-22-4-7-30-26(35-22)37-8-5-21(38)27(3,29)15-37/h4,7,10-12,16-17,21,38H,5-6,8-9,13-15H2,1-3H3,(H,33,39)(H,30,31,34,35)/t21-,27+/m1/s1. The van der Waals surface area contributed by atoms with Crippen LogP contribution in [0.5, 0.6) is 0 Å². The predicted molar refractivity (Wildman–Crippen MR) is 145 cm³/mol. The molecule has 1 amide bonds. The largest absolute Gasteiger partial charge is 0.390 e. The van der Waals surface area contributed by atoms with Crippen molar-refractivity contribution in [3.8, 4) is 0 Å². The Kier molecular flexibility index (Phi) is 7.59. The van der Waals surface area contributed by atoms with E-state index in [1.54, 1.807) is 29.6 Å². The van der Waals surface area contributed by atoms with Gasteiger partial charge in [-0.05, 0) is 42.3 Å². The molecule has 10 nitrogen and oxygen atoms in total. The molecule has 3 aromatic rings. The van der Waals surface area contributed by atoms with Crippen LogP contribution in [-0.4, -0.2) is 93.1 Å². The van der Waals surface area contributed by atoms with Gasteiger partial charge in [0, 0.05) is 50.2 Å². The lowest BCUT2D eigenvalue weighted by molar-refractivity contribution is -0.00860. The minimum atomic E-state index is -1.75. The second-order valence-electron chi connectivity index (χ2n) is 10.8. The van der Waals surface area contributed by atoms with Crippen LogP contribution in [0.2, 0.25) is 0 Å². The van der Waals surface area contributed by atoms with Crippen LogP contribution < -0.4 is 15.5 Å². The van der Waals surface area contributed by atoms with Crippen molar-refractivity contribution >= 4 is 34.3 Å². The maximum Gasteiger partial charge on any atom is 0.270 e. The van der Waals surface area contributed by atoms with E-state index in [4.69, 9.17) is 0 Å². The minimum Gasteiger partial charge on any atom is -0.390 e. The van der Waals surface area contributed by atoms with Gasteiger partial charge in [-0.15, -0.1) is 0 Å². The van der Waals surface area contributed by atoms with Crippen molar-refractivity contribution in [2.24, 2.45) is 0 Å². The van der Waals surface area contributed by atoms with E-state index in [1.165, 1.54) is 6.92 Å². The van der Waals surface area contributed by atoms with E-state index in [-0.39, 0.29) is 24.4 Å². The second-order valence-corrected chi connectivity index (χ2v) is 10.8. The first-order valence-electron chi connectivity index (χ1n) is 13.2. The smallest absolute Gasteiger partial charge is 0.270 e. The number of fused-ring (bicyclic) bond motifs is 1. The SMILES string of the molecule is CC(C)c1cnc(C(=O)NC2CN(CCF)C2)c2cnc(Nc3ccnc(N4CC[C@@H](O)[C@@](C)(F)C4)n3)cc12. The summed E-state index contributed by atoms with van der Waals surface area (Å²) in [6.45, 7) is 7.15. The number of nitrogens with zero attached hydrogens (tertiary/aromatic N) is 6. The Balaban J connectivity index is 1.37. The number of alkyl halides is 2. The topological polar surface area (TPSA) is 119 Å². The summed E-state index contributed by atoms with van der Waals surface area (Å²) in [6.07, 6.45) is 4.22. The molecule has 0 unspecified atom stereocenters. The first kappa shape index (κ1) is 27.1. The summed E-state index contributed by atoms with van der Waals surface area (Å²) in [5.74, 6) is 1.25. The number of rotatable bonds is 8. The van der Waals surface area contributed by atoms with Crippen molar-refractivity contribution in [1.29, 1.82) is 0 Å². The van der Waals surface area contributed by atoms with Gasteiger partial charge in [0.05, 0.1) is 18.7 Å². The monoisotopic (exact) mass is 540 g/mol. The fraction of sp³-hybridized carbons (Fsp3) is 0.519. The average Bonchev–Trinajstić information content (AvgIpc) is 2.88. The lowest BCUT2D eigenvalue weighted by Gasteiger charge is -2.38. The van der Waals surface area contributed by atoms with Gasteiger partial charge in [-0.1, -0.05) is 13.8 Å². The third-order valence-electron chi connectivity index (χ3n) is 7.38. The molecular formula is C27H34F2N8O2. The summed E-state index contributed by atoms with van der Waals surface area (Å²) >= 11 is 0. The number of aromatic nitrogens is 4. The van der Waals surface area contributed by atoms with Gasteiger partial charge >= 0.3 is 0 Å². The molecule has 2 aliphatic rings. The zero-order valence-electron chi connectivity index (χ0n) is 22.4. The number of anilines is 3. The molecule has 5 rings (SSSR count). The van der Waals surface area contributed by atoms with Crippen LogP contribution in [0, 0.1) is 0 Å². The fourth-order valence-electron chi connectivity index (χ4n) is 5.09. The summed E-state index contributed by atoms with van der Waals surface area (Å²) in [7, 11) is 0. The quantitative estimate of drug-likeness (QED) is 0.396. The molecule has 2 saturated heterocycles. The summed E-state index contributed by atoms with van der Waals surface area (Å²) < 4.78 is 27.2. The average molecular weight is 541 g/mol. The number of amides is 1. The van der Waals surface area contributed by atoms with E-state index in [1.807, 2.05) is 11.0 Å². The number of aliphatic hydroxyl groups is 1. The van der Waals surface area contributed by atoms with Crippen molar-refractivity contribution in [2.45, 2.75) is 50.9 Å². The Labute approximate surface area is 225 Å². The first-order valence-corrected chi connectivity index (χ1v) is 13.2. The Morgan fingerprint density at radius 3 is 2.72 bits per heavy atom. The van der Waals surface area contributed by atoms with E-state index in [2.05, 4.69) is 44.4 Å². The van der Waals surface area contributed by atoms with Crippen LogP contribution in [0.25, 0.3) is 10.8 Å². The summed E-state index contributed by atoms with van der Waals surface area (Å²) in [5, 5.41) is 17.6. The van der Waals surface area contributed by atoms with Crippen molar-refractivity contribution in [1.82, 2.24) is 30.2 Å². The number of carbonyl (C=O) groups excluding carboxylic acids is 1. The second kappa shape index (κ2) is 10.9. The highest BCUT2D eigenvalue weighted by Crippen LogP contribution is 2.30. The molecule has 0 aromatic carbocycles. The maximum atomic E-state index is 14.7. The number of likely N-dealkylation sites (tertiary alicyclic amines) is 1. The van der Waals surface area contributed by atoms with Gasteiger partial charge in [0.15, 0.2) is 5.67 Å². The van der Waals surface area contributed by atoms with Gasteiger partial charge in [0.25, 0.3) is 5.91 Å². The third-order valence-corrected chi connectivity index (χ3v) is 7.38. The van der Waals surface area contributed by atoms with Gasteiger partial charge in [-0.25, -0.2) is 18.7 Å². The minimum absolute atomic E-state index is 0.00380. The lowest BCUT2D eigenvalue weighted by Crippen LogP contribution is -2.59. The van der Waals surface area contributed by atoms with E-state index in [0.717, 1.165) is 10.9 Å². The van der Waals surface area contributed by atoms with Gasteiger partial charge in [0.1, 0.15) is 24.0 Å². The molecule has 0 bridgehead atoms. The maximum absolute atomic E-state index is 14.7. The van der Waals surface area contributed by atoms with Crippen LogP contribution in [0.1, 0.15) is 49.2 Å². The van der Waals surface area contributed by atoms with Crippen molar-refractivity contribution in [2.75, 3.05) is 49.6 Å². The number of piperidine rings is 1. The van der Waals surface area contributed by atoms with Gasteiger partial charge in [-0.2, -0.15) is 4.98 Å². The van der Waals surface area contributed by atoms with Crippen LogP contribution in [0.4, 0.5) is 26.4 Å². The Morgan fingerprint density at radius 1 is 1.21 bits per heavy atom. The number of pyridine rings is 2. The summed E-state index contributed by atoms with van der Waals surface area (Å²) in [5.41, 5.74) is -0.478. The molecule has 208 valence electrons. The van der Waals surface area contributed by atoms with Crippen molar-refractivity contribution in [3.63, 3.8) is 0 Å². The van der Waals surface area contributed by atoms with Gasteiger partial charge < -0.3 is 20.6 Å². The number of carbonyl (C=O) groups is 1. The van der Waals surface area contributed by atoms with Gasteiger partial charge in [-0.3, -0.25) is 14.7 Å². The molecule has 0 saturated carbocycles. The van der Waals surface area contributed by atoms with Crippen LogP contribution in [0.3, 0.4) is 0 Å². The number of nitrogens with one attached hydrogen (secondary N) is 2. The summed E-state index contributed by atoms with van der Waals surface area (Å²) in [4.78, 5) is 34.6. The molecule has 0 radical (unpaired) electrons. The molecule has 39 heavy (non-hydrogen) atoms. The molecule has 2 aliphatic heterocycles. The fourth-order valence-corrected chi connectivity index (χ4v) is 5.09. The van der Waals surface area contributed by atoms with Crippen LogP contribution in [-0.2, 0) is 0 Å². The van der Waals surface area contributed by atoms with Crippen LogP contribution in [0.15, 0.2) is 30.7 Å². The normalized spacial score (nSPS) is 22.2. The van der Waals surface area contributed by atoms with E-state index in [9.17, 15) is 18.7 Å². The third kappa shape index (κ3) is 5.76. The zero-order chi connectivity index (χ0) is 27.7. The highest BCUT2D eigenvalue weighted by molar-refractivity contribution is 6.06. The first-order chi connectivity index (χ1) is 18.6. The molecule has 12 heteroatoms. The Hall–Kier alpha value is -3.51. The zero-order valence-corrected chi connectivity index (χ0v) is 22.4. The highest BCUT2D eigenvalue weighted by atomic mass is 19.1. The Morgan fingerprint density at radius 2 is 2.00 bits per heavy atom. The molecule has 3 aromatic heterocycles. The number of hydrogen-bond donors (Lipinski definition) is 3. The molecule has 5 heterocycles. The predicted octanol–water partition coefficient (Wildman–Crippen LogP) is 2.97. The molecule has 2 fully saturated rings.